The average Bonchev–Trinajstić information content (AvgIpc) is 3.80. The van der Waals surface area contributed by atoms with E-state index in [0.717, 1.165) is 44.6 Å². The normalized spacial score (nSPS) is 12.0. The molecular formula is C40H22N2OS2. The Morgan fingerprint density at radius 3 is 1.78 bits per heavy atom. The first-order chi connectivity index (χ1) is 22.2. The van der Waals surface area contributed by atoms with Gasteiger partial charge in [-0.15, -0.1) is 22.7 Å². The first kappa shape index (κ1) is 25.0. The van der Waals surface area contributed by atoms with Gasteiger partial charge in [-0.25, -0.2) is 9.97 Å². The van der Waals surface area contributed by atoms with Crippen LogP contribution >= 0.6 is 22.7 Å². The Bertz CT molecular complexity index is 2750. The number of rotatable bonds is 3. The lowest BCUT2D eigenvalue weighted by Crippen LogP contribution is -1.90. The summed E-state index contributed by atoms with van der Waals surface area (Å²) in [5.74, 6) is 0.719. The predicted octanol–water partition coefficient (Wildman–Crippen LogP) is 12.1. The lowest BCUT2D eigenvalue weighted by molar-refractivity contribution is 0.616. The van der Waals surface area contributed by atoms with Gasteiger partial charge in [-0.2, -0.15) is 0 Å². The number of fused-ring (bicyclic) bond motifs is 8. The third-order valence-electron chi connectivity index (χ3n) is 8.82. The zero-order valence-corrected chi connectivity index (χ0v) is 25.5. The molecule has 10 rings (SSSR count). The summed E-state index contributed by atoms with van der Waals surface area (Å²) >= 11 is 3.82. The Labute approximate surface area is 265 Å². The molecular weight excluding hydrogens is 589 g/mol. The Kier molecular flexibility index (Phi) is 5.32. The largest absolute Gasteiger partial charge is 0.464 e. The van der Waals surface area contributed by atoms with Crippen molar-refractivity contribution in [3.63, 3.8) is 0 Å². The Hall–Kier alpha value is -5.36. The highest BCUT2D eigenvalue weighted by atomic mass is 32.1. The Balaban J connectivity index is 0.972. The standard InChI is InChI=1S/C40H22N2OS2/c1-2-4-26-19-36-33(17-25(26)3-1)38-39(44-36)34-18-29-10-9-28(16-31(29)20-37(34)45-38)32-21-41-40(42-22-32)24-7-5-23(6-8-24)27-11-12-35-30(15-27)13-14-43-35/h1-22H. The van der Waals surface area contributed by atoms with Crippen molar-refractivity contribution in [1.82, 2.24) is 9.97 Å². The van der Waals surface area contributed by atoms with Gasteiger partial charge in [0.15, 0.2) is 5.82 Å². The van der Waals surface area contributed by atoms with Crippen LogP contribution in [0.4, 0.5) is 0 Å². The van der Waals surface area contributed by atoms with E-state index in [1.807, 2.05) is 47.2 Å². The van der Waals surface area contributed by atoms with Crippen LogP contribution in [-0.4, -0.2) is 9.97 Å². The van der Waals surface area contributed by atoms with E-state index in [0.29, 0.717) is 0 Å². The van der Waals surface area contributed by atoms with E-state index in [1.54, 1.807) is 6.26 Å². The summed E-state index contributed by atoms with van der Waals surface area (Å²) in [5, 5.41) is 8.89. The van der Waals surface area contributed by atoms with E-state index in [1.165, 1.54) is 51.1 Å². The van der Waals surface area contributed by atoms with Gasteiger partial charge >= 0.3 is 0 Å². The van der Waals surface area contributed by atoms with Gasteiger partial charge in [0.2, 0.25) is 0 Å². The molecule has 0 atom stereocenters. The minimum absolute atomic E-state index is 0.719. The van der Waals surface area contributed by atoms with E-state index in [-0.39, 0.29) is 0 Å². The molecule has 0 fully saturated rings. The molecule has 0 aliphatic rings. The van der Waals surface area contributed by atoms with E-state index in [2.05, 4.69) is 103 Å². The minimum Gasteiger partial charge on any atom is -0.464 e. The topological polar surface area (TPSA) is 38.9 Å². The number of benzene rings is 6. The van der Waals surface area contributed by atoms with Crippen LogP contribution in [0.25, 0.3) is 95.7 Å². The van der Waals surface area contributed by atoms with Crippen molar-refractivity contribution in [3.05, 3.63) is 134 Å². The molecule has 0 bridgehead atoms. The van der Waals surface area contributed by atoms with Gasteiger partial charge in [0.1, 0.15) is 5.58 Å². The molecule has 0 radical (unpaired) electrons. The van der Waals surface area contributed by atoms with Crippen molar-refractivity contribution in [2.75, 3.05) is 0 Å². The number of furan rings is 1. The summed E-state index contributed by atoms with van der Waals surface area (Å²) in [4.78, 5) is 9.49. The van der Waals surface area contributed by atoms with Gasteiger partial charge in [0, 0.05) is 49.1 Å². The highest BCUT2D eigenvalue weighted by Gasteiger charge is 2.14. The monoisotopic (exact) mass is 610 g/mol. The molecule has 0 saturated carbocycles. The fourth-order valence-corrected chi connectivity index (χ4v) is 9.15. The molecule has 210 valence electrons. The highest BCUT2D eigenvalue weighted by molar-refractivity contribution is 7.36. The van der Waals surface area contributed by atoms with Crippen LogP contribution in [0.15, 0.2) is 138 Å². The Morgan fingerprint density at radius 2 is 1.02 bits per heavy atom. The van der Waals surface area contributed by atoms with E-state index in [4.69, 9.17) is 14.4 Å². The molecule has 0 N–H and O–H groups in total. The summed E-state index contributed by atoms with van der Waals surface area (Å²) in [5.41, 5.74) is 6.33. The third kappa shape index (κ3) is 4.02. The lowest BCUT2D eigenvalue weighted by atomic mass is 10.0. The molecule has 0 spiro atoms. The minimum atomic E-state index is 0.719. The summed E-state index contributed by atoms with van der Waals surface area (Å²) < 4.78 is 11.0. The zero-order valence-electron chi connectivity index (χ0n) is 23.8. The van der Waals surface area contributed by atoms with Crippen LogP contribution in [0.5, 0.6) is 0 Å². The smallest absolute Gasteiger partial charge is 0.159 e. The molecule has 0 aliphatic carbocycles. The van der Waals surface area contributed by atoms with Crippen molar-refractivity contribution >= 4 is 84.8 Å². The molecule has 5 heteroatoms. The van der Waals surface area contributed by atoms with Gasteiger partial charge in [-0.05, 0) is 86.8 Å². The first-order valence-corrected chi connectivity index (χ1v) is 16.5. The quantitative estimate of drug-likeness (QED) is 0.200. The molecule has 0 amide bonds. The van der Waals surface area contributed by atoms with Crippen LogP contribution in [0.1, 0.15) is 0 Å². The van der Waals surface area contributed by atoms with Crippen LogP contribution < -0.4 is 0 Å². The summed E-state index contributed by atoms with van der Waals surface area (Å²) in [7, 11) is 0. The van der Waals surface area contributed by atoms with Crippen LogP contribution in [-0.2, 0) is 0 Å². The molecule has 45 heavy (non-hydrogen) atoms. The van der Waals surface area contributed by atoms with Crippen molar-refractivity contribution in [3.8, 4) is 33.6 Å². The first-order valence-electron chi connectivity index (χ1n) is 14.9. The van der Waals surface area contributed by atoms with Crippen LogP contribution in [0.3, 0.4) is 0 Å². The second-order valence-electron chi connectivity index (χ2n) is 11.5. The SMILES string of the molecule is c1ccc2cc3c(cc2c1)sc1c2cc4ccc(-c5cnc(-c6ccc(-c7ccc8occc8c7)cc6)nc5)cc4cc2sc31. The molecule has 0 unspecified atom stereocenters. The molecule has 3 nitrogen and oxygen atoms in total. The second kappa shape index (κ2) is 9.57. The predicted molar refractivity (Wildman–Crippen MR) is 191 cm³/mol. The Morgan fingerprint density at radius 1 is 0.444 bits per heavy atom. The van der Waals surface area contributed by atoms with Gasteiger partial charge in [0.05, 0.1) is 15.7 Å². The van der Waals surface area contributed by atoms with Gasteiger partial charge in [-0.1, -0.05) is 66.7 Å². The summed E-state index contributed by atoms with van der Waals surface area (Å²) in [6, 6.07) is 41.4. The fraction of sp³-hybridized carbons (Fsp3) is 0. The van der Waals surface area contributed by atoms with E-state index < -0.39 is 0 Å². The maximum Gasteiger partial charge on any atom is 0.159 e. The third-order valence-corrected chi connectivity index (χ3v) is 11.3. The number of nitrogens with zero attached hydrogens (tertiary/aromatic N) is 2. The van der Waals surface area contributed by atoms with Gasteiger partial charge in [0.25, 0.3) is 0 Å². The zero-order chi connectivity index (χ0) is 29.5. The van der Waals surface area contributed by atoms with Gasteiger partial charge < -0.3 is 4.42 Å². The molecule has 4 heterocycles. The molecule has 0 saturated heterocycles. The van der Waals surface area contributed by atoms with E-state index in [9.17, 15) is 0 Å². The van der Waals surface area contributed by atoms with Crippen molar-refractivity contribution in [1.29, 1.82) is 0 Å². The van der Waals surface area contributed by atoms with Crippen LogP contribution in [0, 0.1) is 0 Å². The highest BCUT2D eigenvalue weighted by Crippen LogP contribution is 2.46. The summed E-state index contributed by atoms with van der Waals surface area (Å²) in [6.45, 7) is 0. The summed E-state index contributed by atoms with van der Waals surface area (Å²) in [6.07, 6.45) is 5.59. The van der Waals surface area contributed by atoms with Crippen molar-refractivity contribution in [2.24, 2.45) is 0 Å². The second-order valence-corrected chi connectivity index (χ2v) is 13.6. The molecule has 6 aromatic carbocycles. The van der Waals surface area contributed by atoms with E-state index >= 15 is 0 Å². The number of hydrogen-bond donors (Lipinski definition) is 0. The van der Waals surface area contributed by atoms with Gasteiger partial charge in [-0.3, -0.25) is 0 Å². The molecule has 10 aromatic rings. The lowest BCUT2D eigenvalue weighted by Gasteiger charge is -2.07. The number of aromatic nitrogens is 2. The van der Waals surface area contributed by atoms with Crippen molar-refractivity contribution in [2.45, 2.75) is 0 Å². The molecule has 0 aliphatic heterocycles. The van der Waals surface area contributed by atoms with Crippen LogP contribution in [0.2, 0.25) is 0 Å². The number of hydrogen-bond acceptors (Lipinski definition) is 5. The van der Waals surface area contributed by atoms with Crippen molar-refractivity contribution < 1.29 is 4.42 Å². The molecule has 4 aromatic heterocycles. The maximum absolute atomic E-state index is 5.48. The maximum atomic E-state index is 5.48. The fourth-order valence-electron chi connectivity index (χ4n) is 6.45. The number of thiophene rings is 2. The average molecular weight is 611 g/mol.